The Morgan fingerprint density at radius 2 is 1.65 bits per heavy atom. The summed E-state index contributed by atoms with van der Waals surface area (Å²) >= 11 is 0. The lowest BCUT2D eigenvalue weighted by Gasteiger charge is -2.15. The van der Waals surface area contributed by atoms with Gasteiger partial charge in [0.15, 0.2) is 11.9 Å². The summed E-state index contributed by atoms with van der Waals surface area (Å²) in [6, 6.07) is 16.4. The SMILES string of the molecule is CC(=O)c1ccc(OC(C)C(=O)NCCCCOc2ccccc2)cc1. The third-order valence-corrected chi connectivity index (χ3v) is 3.83. The molecule has 1 atom stereocenters. The number of carbonyl (C=O) groups excluding carboxylic acids is 2. The Hall–Kier alpha value is -2.82. The van der Waals surface area contributed by atoms with Gasteiger partial charge in [-0.05, 0) is 63.1 Å². The smallest absolute Gasteiger partial charge is 0.260 e. The summed E-state index contributed by atoms with van der Waals surface area (Å²) in [5.41, 5.74) is 0.618. The van der Waals surface area contributed by atoms with E-state index in [-0.39, 0.29) is 11.7 Å². The number of ketones is 1. The summed E-state index contributed by atoms with van der Waals surface area (Å²) in [5, 5.41) is 2.86. The van der Waals surface area contributed by atoms with Gasteiger partial charge < -0.3 is 14.8 Å². The average molecular weight is 355 g/mol. The number of nitrogens with one attached hydrogen (secondary N) is 1. The fourth-order valence-corrected chi connectivity index (χ4v) is 2.31. The highest BCUT2D eigenvalue weighted by Gasteiger charge is 2.14. The quantitative estimate of drug-likeness (QED) is 0.522. The van der Waals surface area contributed by atoms with Crippen molar-refractivity contribution in [3.05, 3.63) is 60.2 Å². The molecule has 5 heteroatoms. The maximum atomic E-state index is 12.1. The zero-order valence-corrected chi connectivity index (χ0v) is 15.2. The number of Topliss-reactive ketones (excluding diaryl/α,β-unsaturated/α-hetero) is 1. The van der Waals surface area contributed by atoms with Crippen molar-refractivity contribution < 1.29 is 19.1 Å². The summed E-state index contributed by atoms with van der Waals surface area (Å²) in [4.78, 5) is 23.3. The number of hydrogen-bond donors (Lipinski definition) is 1. The van der Waals surface area contributed by atoms with Crippen LogP contribution in [0.15, 0.2) is 54.6 Å². The fraction of sp³-hybridized carbons (Fsp3) is 0.333. The molecule has 0 saturated carbocycles. The number of amides is 1. The van der Waals surface area contributed by atoms with E-state index in [4.69, 9.17) is 9.47 Å². The molecule has 0 aliphatic heterocycles. The minimum absolute atomic E-state index is 0.00131. The lowest BCUT2D eigenvalue weighted by atomic mass is 10.1. The molecular weight excluding hydrogens is 330 g/mol. The van der Waals surface area contributed by atoms with Gasteiger partial charge >= 0.3 is 0 Å². The predicted molar refractivity (Wildman–Crippen MR) is 101 cm³/mol. The lowest BCUT2D eigenvalue weighted by molar-refractivity contribution is -0.127. The highest BCUT2D eigenvalue weighted by atomic mass is 16.5. The van der Waals surface area contributed by atoms with Gasteiger partial charge in [0.05, 0.1) is 6.61 Å². The van der Waals surface area contributed by atoms with Crippen LogP contribution in [0.2, 0.25) is 0 Å². The molecule has 26 heavy (non-hydrogen) atoms. The number of unbranched alkanes of at least 4 members (excludes halogenated alkanes) is 1. The van der Waals surface area contributed by atoms with E-state index >= 15 is 0 Å². The first-order chi connectivity index (χ1) is 12.6. The van der Waals surface area contributed by atoms with Crippen LogP contribution in [0.4, 0.5) is 0 Å². The summed E-state index contributed by atoms with van der Waals surface area (Å²) in [7, 11) is 0. The fourth-order valence-electron chi connectivity index (χ4n) is 2.31. The standard InChI is InChI=1S/C21H25NO4/c1-16(23)18-10-12-20(13-11-18)26-17(2)21(24)22-14-6-7-15-25-19-8-4-3-5-9-19/h3-5,8-13,17H,6-7,14-15H2,1-2H3,(H,22,24). The van der Waals surface area contributed by atoms with Crippen molar-refractivity contribution in [1.29, 1.82) is 0 Å². The maximum absolute atomic E-state index is 12.1. The van der Waals surface area contributed by atoms with Crippen LogP contribution in [-0.4, -0.2) is 30.9 Å². The third kappa shape index (κ3) is 6.59. The molecule has 1 amide bonds. The molecule has 5 nitrogen and oxygen atoms in total. The van der Waals surface area contributed by atoms with Crippen molar-refractivity contribution in [2.45, 2.75) is 32.8 Å². The first-order valence-corrected chi connectivity index (χ1v) is 8.79. The van der Waals surface area contributed by atoms with E-state index in [0.717, 1.165) is 18.6 Å². The Morgan fingerprint density at radius 1 is 0.962 bits per heavy atom. The van der Waals surface area contributed by atoms with Gasteiger partial charge in [-0.1, -0.05) is 18.2 Å². The highest BCUT2D eigenvalue weighted by Crippen LogP contribution is 2.14. The molecule has 0 bridgehead atoms. The summed E-state index contributed by atoms with van der Waals surface area (Å²) in [6.45, 7) is 4.41. The van der Waals surface area contributed by atoms with Crippen molar-refractivity contribution in [1.82, 2.24) is 5.32 Å². The maximum Gasteiger partial charge on any atom is 0.260 e. The molecule has 2 aromatic carbocycles. The van der Waals surface area contributed by atoms with Gasteiger partial charge in [0.1, 0.15) is 11.5 Å². The Balaban J connectivity index is 1.61. The first-order valence-electron chi connectivity index (χ1n) is 8.79. The highest BCUT2D eigenvalue weighted by molar-refractivity contribution is 5.94. The van der Waals surface area contributed by atoms with E-state index in [1.807, 2.05) is 30.3 Å². The molecule has 0 aliphatic carbocycles. The Kier molecular flexibility index (Phi) is 7.68. The van der Waals surface area contributed by atoms with E-state index in [2.05, 4.69) is 5.32 Å². The van der Waals surface area contributed by atoms with Crippen LogP contribution in [0.3, 0.4) is 0 Å². The molecule has 2 aromatic rings. The summed E-state index contributed by atoms with van der Waals surface area (Å²) < 4.78 is 11.2. The number of ether oxygens (including phenoxy) is 2. The van der Waals surface area contributed by atoms with Gasteiger partial charge in [0.25, 0.3) is 5.91 Å². The predicted octanol–water partition coefficient (Wildman–Crippen LogP) is 3.63. The van der Waals surface area contributed by atoms with Crippen molar-refractivity contribution in [3.63, 3.8) is 0 Å². The Morgan fingerprint density at radius 3 is 2.31 bits per heavy atom. The van der Waals surface area contributed by atoms with Gasteiger partial charge in [-0.3, -0.25) is 9.59 Å². The zero-order valence-electron chi connectivity index (χ0n) is 15.2. The van der Waals surface area contributed by atoms with Crippen LogP contribution < -0.4 is 14.8 Å². The molecule has 2 rings (SSSR count). The second kappa shape index (κ2) is 10.2. The number of para-hydroxylation sites is 1. The second-order valence-electron chi connectivity index (χ2n) is 6.00. The van der Waals surface area contributed by atoms with Crippen molar-refractivity contribution in [2.24, 2.45) is 0 Å². The molecule has 0 aromatic heterocycles. The second-order valence-corrected chi connectivity index (χ2v) is 6.00. The van der Waals surface area contributed by atoms with Crippen LogP contribution in [-0.2, 0) is 4.79 Å². The molecule has 0 heterocycles. The normalized spacial score (nSPS) is 11.5. The molecule has 0 fully saturated rings. The number of benzene rings is 2. The first kappa shape index (κ1) is 19.5. The number of carbonyl (C=O) groups is 2. The molecule has 0 saturated heterocycles. The van der Waals surface area contributed by atoms with Gasteiger partial charge in [-0.25, -0.2) is 0 Å². The minimum atomic E-state index is -0.598. The largest absolute Gasteiger partial charge is 0.494 e. The molecule has 138 valence electrons. The Labute approximate surface area is 154 Å². The van der Waals surface area contributed by atoms with Gasteiger partial charge in [-0.2, -0.15) is 0 Å². The van der Waals surface area contributed by atoms with Crippen LogP contribution >= 0.6 is 0 Å². The third-order valence-electron chi connectivity index (χ3n) is 3.83. The molecule has 0 aliphatic rings. The molecule has 1 N–H and O–H groups in total. The molecule has 1 unspecified atom stereocenters. The van der Waals surface area contributed by atoms with Gasteiger partial charge in [0, 0.05) is 12.1 Å². The van der Waals surface area contributed by atoms with Crippen LogP contribution in [0.25, 0.3) is 0 Å². The van der Waals surface area contributed by atoms with Crippen LogP contribution in [0.1, 0.15) is 37.0 Å². The Bertz CT molecular complexity index is 698. The van der Waals surface area contributed by atoms with Gasteiger partial charge in [-0.15, -0.1) is 0 Å². The number of rotatable bonds is 10. The van der Waals surface area contributed by atoms with Crippen LogP contribution in [0, 0.1) is 0 Å². The van der Waals surface area contributed by atoms with Crippen molar-refractivity contribution in [3.8, 4) is 11.5 Å². The van der Waals surface area contributed by atoms with E-state index in [1.54, 1.807) is 31.2 Å². The minimum Gasteiger partial charge on any atom is -0.494 e. The van der Waals surface area contributed by atoms with Crippen molar-refractivity contribution >= 4 is 11.7 Å². The molecule has 0 radical (unpaired) electrons. The number of hydrogen-bond acceptors (Lipinski definition) is 4. The van der Waals surface area contributed by atoms with Crippen molar-refractivity contribution in [2.75, 3.05) is 13.2 Å². The lowest BCUT2D eigenvalue weighted by Crippen LogP contribution is -2.36. The van der Waals surface area contributed by atoms with E-state index in [0.29, 0.717) is 24.5 Å². The summed E-state index contributed by atoms with van der Waals surface area (Å²) in [5.74, 6) is 1.26. The molecular formula is C21H25NO4. The zero-order chi connectivity index (χ0) is 18.8. The van der Waals surface area contributed by atoms with E-state index in [1.165, 1.54) is 6.92 Å². The van der Waals surface area contributed by atoms with E-state index < -0.39 is 6.10 Å². The topological polar surface area (TPSA) is 64.6 Å². The average Bonchev–Trinajstić information content (AvgIpc) is 2.65. The van der Waals surface area contributed by atoms with Crippen LogP contribution in [0.5, 0.6) is 11.5 Å². The summed E-state index contributed by atoms with van der Waals surface area (Å²) in [6.07, 6.45) is 1.09. The van der Waals surface area contributed by atoms with E-state index in [9.17, 15) is 9.59 Å². The van der Waals surface area contributed by atoms with Gasteiger partial charge in [0.2, 0.25) is 0 Å². The molecule has 0 spiro atoms. The monoisotopic (exact) mass is 355 g/mol.